The van der Waals surface area contributed by atoms with Crippen LogP contribution in [0.2, 0.25) is 10.0 Å². The zero-order valence-electron chi connectivity index (χ0n) is 15.5. The minimum Gasteiger partial charge on any atom is -0.493 e. The smallest absolute Gasteiger partial charge is 0.180 e. The summed E-state index contributed by atoms with van der Waals surface area (Å²) in [5.74, 6) is 0.421. The summed E-state index contributed by atoms with van der Waals surface area (Å²) in [5.41, 5.74) is 2.53. The quantitative estimate of drug-likeness (QED) is 0.321. The molecule has 0 unspecified atom stereocenters. The summed E-state index contributed by atoms with van der Waals surface area (Å²) in [7, 11) is 1.50. The fraction of sp³-hybridized carbons (Fsp3) is 0.0870. The molecule has 0 atom stereocenters. The van der Waals surface area contributed by atoms with Gasteiger partial charge in [-0.25, -0.2) is 4.39 Å². The Morgan fingerprint density at radius 3 is 2.52 bits per heavy atom. The lowest BCUT2D eigenvalue weighted by atomic mass is 10.0. The van der Waals surface area contributed by atoms with Crippen LogP contribution in [-0.4, -0.2) is 7.11 Å². The molecule has 0 aliphatic heterocycles. The van der Waals surface area contributed by atoms with Gasteiger partial charge in [-0.05, 0) is 59.2 Å². The van der Waals surface area contributed by atoms with Crippen molar-refractivity contribution in [3.8, 4) is 17.6 Å². The van der Waals surface area contributed by atoms with Crippen molar-refractivity contribution in [1.82, 2.24) is 0 Å². The van der Waals surface area contributed by atoms with Crippen LogP contribution in [0.5, 0.6) is 11.5 Å². The summed E-state index contributed by atoms with van der Waals surface area (Å²) >= 11 is 12.3. The molecule has 0 aliphatic carbocycles. The molecule has 3 rings (SSSR count). The van der Waals surface area contributed by atoms with Crippen LogP contribution in [0.3, 0.4) is 0 Å². The van der Waals surface area contributed by atoms with E-state index in [0.717, 1.165) is 5.56 Å². The Hall–Kier alpha value is -3.00. The summed E-state index contributed by atoms with van der Waals surface area (Å²) in [6.45, 7) is 0.136. The first-order valence-electron chi connectivity index (χ1n) is 8.62. The minimum absolute atomic E-state index is 0.136. The minimum atomic E-state index is -0.337. The molecular formula is C23H16Cl2FNO2. The zero-order valence-corrected chi connectivity index (χ0v) is 17.0. The molecule has 0 saturated heterocycles. The van der Waals surface area contributed by atoms with Crippen LogP contribution in [-0.2, 0) is 6.61 Å². The number of hydrogen-bond donors (Lipinski definition) is 0. The average molecular weight is 428 g/mol. The summed E-state index contributed by atoms with van der Waals surface area (Å²) < 4.78 is 24.5. The van der Waals surface area contributed by atoms with E-state index in [1.165, 1.54) is 19.2 Å². The number of methoxy groups -OCH3 is 1. The lowest BCUT2D eigenvalue weighted by molar-refractivity contribution is 0.284. The van der Waals surface area contributed by atoms with Gasteiger partial charge in [-0.2, -0.15) is 5.26 Å². The van der Waals surface area contributed by atoms with Gasteiger partial charge in [0.15, 0.2) is 11.5 Å². The third-order valence-corrected chi connectivity index (χ3v) is 4.64. The van der Waals surface area contributed by atoms with E-state index in [2.05, 4.69) is 6.07 Å². The number of nitrogens with zero attached hydrogens (tertiary/aromatic N) is 1. The van der Waals surface area contributed by atoms with E-state index in [-0.39, 0.29) is 12.4 Å². The molecule has 0 bridgehead atoms. The first-order valence-corrected chi connectivity index (χ1v) is 9.38. The highest BCUT2D eigenvalue weighted by molar-refractivity contribution is 6.32. The van der Waals surface area contributed by atoms with Crippen LogP contribution in [0.1, 0.15) is 16.7 Å². The summed E-state index contributed by atoms with van der Waals surface area (Å²) in [6.07, 6.45) is 1.70. The maximum absolute atomic E-state index is 13.3. The van der Waals surface area contributed by atoms with Crippen molar-refractivity contribution in [3.63, 3.8) is 0 Å². The Bertz CT molecular complexity index is 1090. The van der Waals surface area contributed by atoms with Crippen LogP contribution < -0.4 is 9.47 Å². The van der Waals surface area contributed by atoms with Crippen molar-refractivity contribution in [1.29, 1.82) is 5.26 Å². The molecule has 3 nitrogen and oxygen atoms in total. The number of nitriles is 1. The highest BCUT2D eigenvalue weighted by Gasteiger charge is 2.13. The Balaban J connectivity index is 1.89. The van der Waals surface area contributed by atoms with Gasteiger partial charge in [-0.3, -0.25) is 0 Å². The number of rotatable bonds is 6. The third-order valence-electron chi connectivity index (χ3n) is 4.11. The van der Waals surface area contributed by atoms with E-state index in [4.69, 9.17) is 32.7 Å². The summed E-state index contributed by atoms with van der Waals surface area (Å²) in [6, 6.07) is 18.7. The molecule has 0 saturated carbocycles. The number of benzene rings is 3. The van der Waals surface area contributed by atoms with Gasteiger partial charge in [0.1, 0.15) is 12.4 Å². The molecule has 3 aromatic carbocycles. The molecule has 0 amide bonds. The summed E-state index contributed by atoms with van der Waals surface area (Å²) in [4.78, 5) is 0. The van der Waals surface area contributed by atoms with Crippen LogP contribution in [0.15, 0.2) is 60.7 Å². The fourth-order valence-electron chi connectivity index (χ4n) is 2.72. The SMILES string of the molecule is COc1cc(/C=C(\C#N)c2ccc(Cl)cc2)cc(Cl)c1OCc1cccc(F)c1. The van der Waals surface area contributed by atoms with Crippen LogP contribution in [0, 0.1) is 17.1 Å². The molecular weight excluding hydrogens is 412 g/mol. The third kappa shape index (κ3) is 5.29. The highest BCUT2D eigenvalue weighted by Crippen LogP contribution is 2.38. The van der Waals surface area contributed by atoms with Gasteiger partial charge in [0.2, 0.25) is 0 Å². The average Bonchev–Trinajstić information content (AvgIpc) is 2.71. The van der Waals surface area contributed by atoms with Gasteiger partial charge < -0.3 is 9.47 Å². The predicted octanol–water partition coefficient (Wildman–Crippen LogP) is 6.78. The van der Waals surface area contributed by atoms with Gasteiger partial charge in [0.25, 0.3) is 0 Å². The highest BCUT2D eigenvalue weighted by atomic mass is 35.5. The molecule has 0 aliphatic rings. The van der Waals surface area contributed by atoms with Gasteiger partial charge >= 0.3 is 0 Å². The lowest BCUT2D eigenvalue weighted by Gasteiger charge is -2.14. The second-order valence-electron chi connectivity index (χ2n) is 6.13. The summed E-state index contributed by atoms with van der Waals surface area (Å²) in [5, 5.41) is 10.4. The number of ether oxygens (including phenoxy) is 2. The van der Waals surface area contributed by atoms with E-state index >= 15 is 0 Å². The second kappa shape index (κ2) is 9.47. The maximum Gasteiger partial charge on any atom is 0.180 e. The fourth-order valence-corrected chi connectivity index (χ4v) is 3.12. The van der Waals surface area contributed by atoms with E-state index in [0.29, 0.717) is 38.2 Å². The monoisotopic (exact) mass is 427 g/mol. The molecule has 3 aromatic rings. The zero-order chi connectivity index (χ0) is 20.8. The van der Waals surface area contributed by atoms with Crippen molar-refractivity contribution in [2.75, 3.05) is 7.11 Å². The number of hydrogen-bond acceptors (Lipinski definition) is 3. The molecule has 6 heteroatoms. The standard InChI is InChI=1S/C23H16Cl2FNO2/c1-28-22-12-16(9-18(13-27)17-5-7-19(24)8-6-17)11-21(25)23(22)29-14-15-3-2-4-20(26)10-15/h2-12H,14H2,1H3/b18-9+. The van der Waals surface area contributed by atoms with Crippen LogP contribution in [0.4, 0.5) is 4.39 Å². The van der Waals surface area contributed by atoms with Crippen molar-refractivity contribution in [2.45, 2.75) is 6.61 Å². The van der Waals surface area contributed by atoms with Crippen LogP contribution in [0.25, 0.3) is 11.6 Å². The Morgan fingerprint density at radius 1 is 1.10 bits per heavy atom. The van der Waals surface area contributed by atoms with Crippen molar-refractivity contribution < 1.29 is 13.9 Å². The van der Waals surface area contributed by atoms with E-state index in [1.807, 2.05) is 0 Å². The van der Waals surface area contributed by atoms with Crippen LogP contribution >= 0.6 is 23.2 Å². The topological polar surface area (TPSA) is 42.2 Å². The van der Waals surface area contributed by atoms with Crippen molar-refractivity contribution >= 4 is 34.9 Å². The molecule has 0 fully saturated rings. The Morgan fingerprint density at radius 2 is 1.86 bits per heavy atom. The second-order valence-corrected chi connectivity index (χ2v) is 6.97. The number of halogens is 3. The first-order chi connectivity index (χ1) is 14.0. The van der Waals surface area contributed by atoms with E-state index < -0.39 is 0 Å². The first kappa shape index (κ1) is 20.7. The van der Waals surface area contributed by atoms with Gasteiger partial charge in [0, 0.05) is 5.02 Å². The molecule has 0 heterocycles. The van der Waals surface area contributed by atoms with Crippen molar-refractivity contribution in [3.05, 3.63) is 93.2 Å². The van der Waals surface area contributed by atoms with Gasteiger partial charge in [0.05, 0.1) is 23.8 Å². The van der Waals surface area contributed by atoms with Crippen molar-refractivity contribution in [2.24, 2.45) is 0 Å². The Labute approximate surface area is 178 Å². The number of allylic oxidation sites excluding steroid dienone is 1. The van der Waals surface area contributed by atoms with Gasteiger partial charge in [-0.1, -0.05) is 47.5 Å². The molecule has 0 aromatic heterocycles. The van der Waals surface area contributed by atoms with Gasteiger partial charge in [-0.15, -0.1) is 0 Å². The largest absolute Gasteiger partial charge is 0.493 e. The molecule has 0 radical (unpaired) electrons. The normalized spacial score (nSPS) is 11.1. The Kier molecular flexibility index (Phi) is 6.77. The molecule has 29 heavy (non-hydrogen) atoms. The van der Waals surface area contributed by atoms with E-state index in [1.54, 1.807) is 54.6 Å². The van der Waals surface area contributed by atoms with E-state index in [9.17, 15) is 9.65 Å². The maximum atomic E-state index is 13.3. The predicted molar refractivity (Wildman–Crippen MR) is 114 cm³/mol. The molecule has 0 spiro atoms. The lowest BCUT2D eigenvalue weighted by Crippen LogP contribution is -1.99. The molecule has 146 valence electrons. The molecule has 0 N–H and O–H groups in total.